The van der Waals surface area contributed by atoms with E-state index < -0.39 is 6.10 Å². The lowest BCUT2D eigenvalue weighted by atomic mass is 10.1. The van der Waals surface area contributed by atoms with Crippen molar-refractivity contribution in [2.24, 2.45) is 5.92 Å². The molecule has 26 heavy (non-hydrogen) atoms. The van der Waals surface area contributed by atoms with Gasteiger partial charge in [0.15, 0.2) is 0 Å². The minimum atomic E-state index is -0.530. The highest BCUT2D eigenvalue weighted by Gasteiger charge is 2.34. The molecule has 2 unspecified atom stereocenters. The lowest BCUT2D eigenvalue weighted by molar-refractivity contribution is -0.131. The molecule has 2 aromatic rings. The fourth-order valence-corrected chi connectivity index (χ4v) is 4.06. The van der Waals surface area contributed by atoms with Gasteiger partial charge in [-0.15, -0.1) is 11.8 Å². The second-order valence-corrected chi connectivity index (χ2v) is 8.06. The first kappa shape index (κ1) is 19.0. The predicted molar refractivity (Wildman–Crippen MR) is 108 cm³/mol. The quantitative estimate of drug-likeness (QED) is 0.717. The topological polar surface area (TPSA) is 40.5 Å². The van der Waals surface area contributed by atoms with Crippen molar-refractivity contribution in [2.75, 3.05) is 11.5 Å². The van der Waals surface area contributed by atoms with Crippen LogP contribution in [0.15, 0.2) is 60.7 Å². The summed E-state index contributed by atoms with van der Waals surface area (Å²) < 4.78 is 0. The van der Waals surface area contributed by atoms with E-state index in [2.05, 4.69) is 19.1 Å². The number of carbonyl (C=O) groups is 1. The predicted octanol–water partition coefficient (Wildman–Crippen LogP) is 4.28. The number of aliphatic hydroxyl groups excluding tert-OH is 1. The number of thioether (sulfide) groups is 1. The fourth-order valence-electron chi connectivity index (χ4n) is 3.18. The summed E-state index contributed by atoms with van der Waals surface area (Å²) in [6.45, 7) is 2.83. The second kappa shape index (κ2) is 9.24. The van der Waals surface area contributed by atoms with Crippen molar-refractivity contribution < 1.29 is 9.90 Å². The zero-order valence-corrected chi connectivity index (χ0v) is 16.1. The molecule has 138 valence electrons. The van der Waals surface area contributed by atoms with Crippen molar-refractivity contribution in [1.82, 2.24) is 4.90 Å². The molecule has 1 N–H and O–H groups in total. The van der Waals surface area contributed by atoms with Crippen LogP contribution in [0.1, 0.15) is 37.0 Å². The normalized spacial score (nSPS) is 16.1. The van der Waals surface area contributed by atoms with E-state index in [1.165, 1.54) is 30.2 Å². The van der Waals surface area contributed by atoms with Crippen LogP contribution in [0, 0.1) is 5.92 Å². The third-order valence-corrected chi connectivity index (χ3v) is 6.00. The van der Waals surface area contributed by atoms with Crippen LogP contribution in [-0.4, -0.2) is 33.5 Å². The van der Waals surface area contributed by atoms with Crippen LogP contribution < -0.4 is 0 Å². The maximum Gasteiger partial charge on any atom is 0.233 e. The van der Waals surface area contributed by atoms with Gasteiger partial charge in [-0.2, -0.15) is 0 Å². The van der Waals surface area contributed by atoms with Gasteiger partial charge in [-0.1, -0.05) is 60.7 Å². The van der Waals surface area contributed by atoms with Crippen LogP contribution in [0.5, 0.6) is 0 Å². The molecule has 1 amide bonds. The molecule has 2 aromatic carbocycles. The third-order valence-electron chi connectivity index (χ3n) is 5.00. The molecule has 4 heteroatoms. The van der Waals surface area contributed by atoms with Gasteiger partial charge in [0.05, 0.1) is 11.9 Å². The molecule has 0 spiro atoms. The van der Waals surface area contributed by atoms with Gasteiger partial charge in [0, 0.05) is 18.3 Å². The van der Waals surface area contributed by atoms with Gasteiger partial charge < -0.3 is 10.0 Å². The summed E-state index contributed by atoms with van der Waals surface area (Å²) in [6, 6.07) is 20.1. The molecule has 1 saturated carbocycles. The number of aliphatic hydroxyl groups is 1. The van der Waals surface area contributed by atoms with E-state index in [0.717, 1.165) is 5.56 Å². The Kier molecular flexibility index (Phi) is 6.75. The standard InChI is InChI=1S/C22H27NO2S/c1-17(19-12-13-19)23(14-18-8-4-2-5-9-18)22(25)16-26-15-21(24)20-10-6-3-7-11-20/h2-11,17,19,21,24H,12-16H2,1H3. The molecule has 0 radical (unpaired) electrons. The summed E-state index contributed by atoms with van der Waals surface area (Å²) in [5.74, 6) is 1.75. The molecule has 0 heterocycles. The van der Waals surface area contributed by atoms with Crippen molar-refractivity contribution in [2.45, 2.75) is 38.5 Å². The molecule has 0 saturated heterocycles. The van der Waals surface area contributed by atoms with E-state index in [0.29, 0.717) is 24.0 Å². The highest BCUT2D eigenvalue weighted by molar-refractivity contribution is 7.99. The Hall–Kier alpha value is -1.78. The highest BCUT2D eigenvalue weighted by atomic mass is 32.2. The maximum absolute atomic E-state index is 12.9. The van der Waals surface area contributed by atoms with Crippen molar-refractivity contribution >= 4 is 17.7 Å². The number of hydrogen-bond donors (Lipinski definition) is 1. The highest BCUT2D eigenvalue weighted by Crippen LogP contribution is 2.36. The summed E-state index contributed by atoms with van der Waals surface area (Å²) in [6.07, 6.45) is 1.91. The minimum Gasteiger partial charge on any atom is -0.388 e. The van der Waals surface area contributed by atoms with Crippen LogP contribution in [0.25, 0.3) is 0 Å². The zero-order valence-electron chi connectivity index (χ0n) is 15.3. The Labute approximate surface area is 160 Å². The van der Waals surface area contributed by atoms with Crippen LogP contribution in [-0.2, 0) is 11.3 Å². The van der Waals surface area contributed by atoms with Crippen molar-refractivity contribution in [3.63, 3.8) is 0 Å². The average molecular weight is 370 g/mol. The minimum absolute atomic E-state index is 0.165. The molecule has 0 aliphatic heterocycles. The molecule has 1 aliphatic carbocycles. The first-order chi connectivity index (χ1) is 12.6. The van der Waals surface area contributed by atoms with Crippen LogP contribution >= 0.6 is 11.8 Å². The lowest BCUT2D eigenvalue weighted by Crippen LogP contribution is -2.40. The van der Waals surface area contributed by atoms with E-state index in [1.807, 2.05) is 53.4 Å². The average Bonchev–Trinajstić information content (AvgIpc) is 3.52. The van der Waals surface area contributed by atoms with Crippen LogP contribution in [0.3, 0.4) is 0 Å². The second-order valence-electron chi connectivity index (χ2n) is 7.03. The Balaban J connectivity index is 1.55. The monoisotopic (exact) mass is 369 g/mol. The Morgan fingerprint density at radius 3 is 2.35 bits per heavy atom. The van der Waals surface area contributed by atoms with E-state index in [9.17, 15) is 9.90 Å². The molecule has 1 aliphatic rings. The lowest BCUT2D eigenvalue weighted by Gasteiger charge is -2.30. The SMILES string of the molecule is CC(C1CC1)N(Cc1ccccc1)C(=O)CSCC(O)c1ccccc1. The first-order valence-corrected chi connectivity index (χ1v) is 10.4. The Morgan fingerprint density at radius 1 is 1.12 bits per heavy atom. The molecule has 0 bridgehead atoms. The van der Waals surface area contributed by atoms with Crippen molar-refractivity contribution in [3.05, 3.63) is 71.8 Å². The summed E-state index contributed by atoms with van der Waals surface area (Å²) in [5, 5.41) is 10.3. The maximum atomic E-state index is 12.9. The third kappa shape index (κ3) is 5.36. The van der Waals surface area contributed by atoms with E-state index in [4.69, 9.17) is 0 Å². The van der Waals surface area contributed by atoms with E-state index >= 15 is 0 Å². The van der Waals surface area contributed by atoms with Gasteiger partial charge >= 0.3 is 0 Å². The number of carbonyl (C=O) groups excluding carboxylic acids is 1. The number of amides is 1. The van der Waals surface area contributed by atoms with Gasteiger partial charge in [-0.05, 0) is 36.8 Å². The summed E-state index contributed by atoms with van der Waals surface area (Å²) in [5.41, 5.74) is 2.07. The summed E-state index contributed by atoms with van der Waals surface area (Å²) in [7, 11) is 0. The molecular weight excluding hydrogens is 342 g/mol. The molecule has 3 nitrogen and oxygen atoms in total. The van der Waals surface area contributed by atoms with Gasteiger partial charge in [-0.3, -0.25) is 4.79 Å². The van der Waals surface area contributed by atoms with Gasteiger partial charge in [-0.25, -0.2) is 0 Å². The zero-order chi connectivity index (χ0) is 18.4. The van der Waals surface area contributed by atoms with Gasteiger partial charge in [0.25, 0.3) is 0 Å². The molecule has 2 atom stereocenters. The molecule has 3 rings (SSSR count). The van der Waals surface area contributed by atoms with E-state index in [-0.39, 0.29) is 11.9 Å². The number of hydrogen-bond acceptors (Lipinski definition) is 3. The largest absolute Gasteiger partial charge is 0.388 e. The first-order valence-electron chi connectivity index (χ1n) is 9.29. The molecule has 0 aromatic heterocycles. The van der Waals surface area contributed by atoms with Crippen LogP contribution in [0.2, 0.25) is 0 Å². The summed E-state index contributed by atoms with van der Waals surface area (Å²) in [4.78, 5) is 14.9. The van der Waals surface area contributed by atoms with Gasteiger partial charge in [0.2, 0.25) is 5.91 Å². The number of benzene rings is 2. The van der Waals surface area contributed by atoms with Gasteiger partial charge in [0.1, 0.15) is 0 Å². The van der Waals surface area contributed by atoms with Crippen molar-refractivity contribution in [1.29, 1.82) is 0 Å². The van der Waals surface area contributed by atoms with Crippen molar-refractivity contribution in [3.8, 4) is 0 Å². The Bertz CT molecular complexity index is 688. The fraction of sp³-hybridized carbons (Fsp3) is 0.409. The van der Waals surface area contributed by atoms with Crippen LogP contribution in [0.4, 0.5) is 0 Å². The molecular formula is C22H27NO2S. The molecule has 1 fully saturated rings. The Morgan fingerprint density at radius 2 is 1.73 bits per heavy atom. The number of nitrogens with zero attached hydrogens (tertiary/aromatic N) is 1. The summed E-state index contributed by atoms with van der Waals surface area (Å²) >= 11 is 1.51. The smallest absolute Gasteiger partial charge is 0.233 e. The number of rotatable bonds is 9. The van der Waals surface area contributed by atoms with E-state index in [1.54, 1.807) is 0 Å².